The minimum Gasteiger partial charge on any atom is -0.338 e. The number of allylic oxidation sites excluding steroid dienone is 4. The molecule has 0 saturated heterocycles. The highest BCUT2D eigenvalue weighted by molar-refractivity contribution is 6.43. The molecule has 1 aliphatic carbocycles. The third kappa shape index (κ3) is 3.25. The van der Waals surface area contributed by atoms with E-state index in [-0.39, 0.29) is 0 Å². The Labute approximate surface area is 102 Å². The second kappa shape index (κ2) is 5.72. The summed E-state index contributed by atoms with van der Waals surface area (Å²) in [6, 6.07) is 1.14. The lowest BCUT2D eigenvalue weighted by molar-refractivity contribution is 0.313. The van der Waals surface area contributed by atoms with Gasteiger partial charge in [-0.15, -0.1) is 0 Å². The molecule has 0 heterocycles. The highest BCUT2D eigenvalue weighted by Crippen LogP contribution is 2.25. The number of hydrogen-bond donors (Lipinski definition) is 0. The molecule has 0 amide bonds. The Bertz CT molecular complexity index is 279. The zero-order chi connectivity index (χ0) is 12.3. The van der Waals surface area contributed by atoms with Crippen LogP contribution in [-0.4, -0.2) is 24.3 Å². The molecule has 1 nitrogen and oxygen atoms in total. The average molecular weight is 218 g/mol. The second-order valence-corrected chi connectivity index (χ2v) is 5.51. The first-order chi connectivity index (χ1) is 7.43. The summed E-state index contributed by atoms with van der Waals surface area (Å²) in [5, 5.41) is 0. The average Bonchev–Trinajstić information content (AvgIpc) is 2.60. The summed E-state index contributed by atoms with van der Waals surface area (Å²) < 4.78 is 0. The molecular formula is C14H25BN. The molecule has 0 saturated carbocycles. The van der Waals surface area contributed by atoms with E-state index in [4.69, 9.17) is 0 Å². The van der Waals surface area contributed by atoms with E-state index in [9.17, 15) is 0 Å². The smallest absolute Gasteiger partial charge is 0.244 e. The Morgan fingerprint density at radius 2 is 1.62 bits per heavy atom. The van der Waals surface area contributed by atoms with Crippen LogP contribution in [0, 0.1) is 5.92 Å². The van der Waals surface area contributed by atoms with E-state index in [0.717, 1.165) is 6.42 Å². The molecule has 0 unspecified atom stereocenters. The van der Waals surface area contributed by atoms with Crippen molar-refractivity contribution in [1.82, 2.24) is 4.81 Å². The molecule has 89 valence electrons. The summed E-state index contributed by atoms with van der Waals surface area (Å²) in [5.41, 5.74) is 3.00. The van der Waals surface area contributed by atoms with Crippen LogP contribution in [-0.2, 0) is 0 Å². The van der Waals surface area contributed by atoms with E-state index in [2.05, 4.69) is 65.9 Å². The molecule has 0 aromatic carbocycles. The summed E-state index contributed by atoms with van der Waals surface area (Å²) in [7, 11) is 2.37. The lowest BCUT2D eigenvalue weighted by Gasteiger charge is -2.31. The van der Waals surface area contributed by atoms with Crippen molar-refractivity contribution < 1.29 is 0 Å². The van der Waals surface area contributed by atoms with E-state index < -0.39 is 0 Å². The van der Waals surface area contributed by atoms with Crippen molar-refractivity contribution in [3.05, 3.63) is 23.2 Å². The number of hydrogen-bond acceptors (Lipinski definition) is 1. The first-order valence-electron chi connectivity index (χ1n) is 6.45. The van der Waals surface area contributed by atoms with Gasteiger partial charge in [0, 0.05) is 0 Å². The van der Waals surface area contributed by atoms with Gasteiger partial charge >= 0.3 is 0 Å². The maximum Gasteiger partial charge on any atom is 0.244 e. The largest absolute Gasteiger partial charge is 0.338 e. The van der Waals surface area contributed by atoms with Gasteiger partial charge in [-0.25, -0.2) is 0 Å². The summed E-state index contributed by atoms with van der Waals surface area (Å²) in [6.07, 6.45) is 5.67. The van der Waals surface area contributed by atoms with E-state index in [0.29, 0.717) is 18.0 Å². The van der Waals surface area contributed by atoms with Gasteiger partial charge in [-0.2, -0.15) is 0 Å². The standard InChI is InChI=1S/C14H25BN/c1-10(2)13-8-7-9-14(13)15-16(11(3)4)12(5)6/h7-8,10-12H,9H2,1-6H3. The zero-order valence-corrected chi connectivity index (χ0v) is 11.6. The Balaban J connectivity index is 2.76. The molecule has 2 heteroatoms. The zero-order valence-electron chi connectivity index (χ0n) is 11.6. The predicted molar refractivity (Wildman–Crippen MR) is 73.5 cm³/mol. The molecule has 0 spiro atoms. The molecule has 0 aromatic heterocycles. The molecule has 1 radical (unpaired) electrons. The molecule has 1 rings (SSSR count). The van der Waals surface area contributed by atoms with Gasteiger partial charge in [-0.3, -0.25) is 0 Å². The van der Waals surface area contributed by atoms with Gasteiger partial charge in [0.2, 0.25) is 7.41 Å². The van der Waals surface area contributed by atoms with Gasteiger partial charge in [0.1, 0.15) is 0 Å². The maximum atomic E-state index is 2.45. The minimum absolute atomic E-state index is 0.571. The van der Waals surface area contributed by atoms with Crippen LogP contribution in [0.1, 0.15) is 48.0 Å². The fraction of sp³-hybridized carbons (Fsp3) is 0.714. The molecule has 16 heavy (non-hydrogen) atoms. The quantitative estimate of drug-likeness (QED) is 0.637. The van der Waals surface area contributed by atoms with Gasteiger partial charge < -0.3 is 4.81 Å². The first-order valence-corrected chi connectivity index (χ1v) is 6.45. The molecule has 0 bridgehead atoms. The monoisotopic (exact) mass is 218 g/mol. The van der Waals surface area contributed by atoms with Crippen LogP contribution in [0.4, 0.5) is 0 Å². The van der Waals surface area contributed by atoms with Crippen LogP contribution in [0.3, 0.4) is 0 Å². The molecular weight excluding hydrogens is 193 g/mol. The van der Waals surface area contributed by atoms with E-state index in [1.165, 1.54) is 11.0 Å². The Morgan fingerprint density at radius 1 is 1.06 bits per heavy atom. The van der Waals surface area contributed by atoms with Crippen LogP contribution in [0.15, 0.2) is 23.2 Å². The first kappa shape index (κ1) is 13.6. The summed E-state index contributed by atoms with van der Waals surface area (Å²) >= 11 is 0. The minimum atomic E-state index is 0.571. The van der Waals surface area contributed by atoms with Crippen LogP contribution in [0.2, 0.25) is 0 Å². The van der Waals surface area contributed by atoms with Crippen LogP contribution >= 0.6 is 0 Å². The third-order valence-corrected chi connectivity index (χ3v) is 3.13. The lowest BCUT2D eigenvalue weighted by Crippen LogP contribution is -2.41. The molecule has 0 fully saturated rings. The van der Waals surface area contributed by atoms with E-state index in [1.807, 2.05) is 0 Å². The van der Waals surface area contributed by atoms with Crippen molar-refractivity contribution in [2.75, 3.05) is 0 Å². The topological polar surface area (TPSA) is 3.24 Å². The van der Waals surface area contributed by atoms with Crippen LogP contribution in [0.25, 0.3) is 0 Å². The normalized spacial score (nSPS) is 16.4. The summed E-state index contributed by atoms with van der Waals surface area (Å²) in [5.74, 6) is 0.631. The molecule has 0 aromatic rings. The molecule has 0 N–H and O–H groups in total. The van der Waals surface area contributed by atoms with Crippen molar-refractivity contribution in [3.8, 4) is 0 Å². The number of rotatable bonds is 5. The fourth-order valence-electron chi connectivity index (χ4n) is 2.30. The van der Waals surface area contributed by atoms with Crippen molar-refractivity contribution >= 4 is 7.41 Å². The van der Waals surface area contributed by atoms with Crippen LogP contribution < -0.4 is 0 Å². The fourth-order valence-corrected chi connectivity index (χ4v) is 2.30. The van der Waals surface area contributed by atoms with Gasteiger partial charge in [0.05, 0.1) is 0 Å². The molecule has 1 aliphatic rings. The van der Waals surface area contributed by atoms with E-state index >= 15 is 0 Å². The Morgan fingerprint density at radius 3 is 2.06 bits per heavy atom. The Kier molecular flexibility index (Phi) is 4.85. The van der Waals surface area contributed by atoms with Crippen LogP contribution in [0.5, 0.6) is 0 Å². The van der Waals surface area contributed by atoms with Crippen molar-refractivity contribution in [3.63, 3.8) is 0 Å². The maximum absolute atomic E-state index is 2.45. The lowest BCUT2D eigenvalue weighted by atomic mass is 9.73. The van der Waals surface area contributed by atoms with Gasteiger partial charge in [0.15, 0.2) is 0 Å². The Hall–Kier alpha value is -0.495. The highest BCUT2D eigenvalue weighted by Gasteiger charge is 2.20. The summed E-state index contributed by atoms with van der Waals surface area (Å²) in [4.78, 5) is 2.45. The van der Waals surface area contributed by atoms with Crippen molar-refractivity contribution in [2.24, 2.45) is 5.92 Å². The van der Waals surface area contributed by atoms with Gasteiger partial charge in [-0.1, -0.05) is 64.7 Å². The van der Waals surface area contributed by atoms with Crippen molar-refractivity contribution in [2.45, 2.75) is 60.0 Å². The second-order valence-electron chi connectivity index (χ2n) is 5.51. The third-order valence-electron chi connectivity index (χ3n) is 3.13. The molecule has 0 aliphatic heterocycles. The SMILES string of the molecule is CC(C)C1=C([B]N(C(C)C)C(C)C)CC=C1. The summed E-state index contributed by atoms with van der Waals surface area (Å²) in [6.45, 7) is 13.6. The predicted octanol–water partition coefficient (Wildman–Crippen LogP) is 3.59. The van der Waals surface area contributed by atoms with Crippen molar-refractivity contribution in [1.29, 1.82) is 0 Å². The highest BCUT2D eigenvalue weighted by atomic mass is 15.1. The van der Waals surface area contributed by atoms with Gasteiger partial charge in [0.25, 0.3) is 0 Å². The number of nitrogens with zero attached hydrogens (tertiary/aromatic N) is 1. The van der Waals surface area contributed by atoms with Gasteiger partial charge in [-0.05, 0) is 24.4 Å². The molecule has 0 atom stereocenters. The van der Waals surface area contributed by atoms with E-state index in [1.54, 1.807) is 0 Å².